The maximum absolute atomic E-state index is 12.3. The van der Waals surface area contributed by atoms with Crippen LogP contribution in [0.1, 0.15) is 22.8 Å². The Labute approximate surface area is 123 Å². The number of benzene rings is 1. The monoisotopic (exact) mass is 299 g/mol. The Morgan fingerprint density at radius 1 is 1.50 bits per heavy atom. The quantitative estimate of drug-likeness (QED) is 0.667. The maximum Gasteiger partial charge on any atom is 0.272 e. The molecule has 1 aliphatic rings. The molecule has 0 spiro atoms. The third-order valence-electron chi connectivity index (χ3n) is 3.30. The van der Waals surface area contributed by atoms with Crippen LogP contribution in [-0.4, -0.2) is 41.4 Å². The van der Waals surface area contributed by atoms with Crippen LogP contribution in [0, 0.1) is 17.0 Å². The SMILES string of the molecule is Cc1cc(C(=O)N2CCNC(C)C2)ccc1[N+](=O)[O-].Cl. The molecule has 1 aromatic carbocycles. The van der Waals surface area contributed by atoms with E-state index >= 15 is 0 Å². The number of nitro benzene ring substituents is 1. The van der Waals surface area contributed by atoms with Gasteiger partial charge in [0.05, 0.1) is 4.92 Å². The number of hydrogen-bond acceptors (Lipinski definition) is 4. The van der Waals surface area contributed by atoms with E-state index in [1.165, 1.54) is 12.1 Å². The van der Waals surface area contributed by atoms with Gasteiger partial charge in [0.1, 0.15) is 0 Å². The predicted molar refractivity (Wildman–Crippen MR) is 78.4 cm³/mol. The summed E-state index contributed by atoms with van der Waals surface area (Å²) >= 11 is 0. The number of carbonyl (C=O) groups excluding carboxylic acids is 1. The summed E-state index contributed by atoms with van der Waals surface area (Å²) < 4.78 is 0. The first-order valence-corrected chi connectivity index (χ1v) is 6.26. The van der Waals surface area contributed by atoms with E-state index in [1.54, 1.807) is 17.9 Å². The van der Waals surface area contributed by atoms with E-state index < -0.39 is 4.92 Å². The number of piperazine rings is 1. The van der Waals surface area contributed by atoms with Gasteiger partial charge in [-0.1, -0.05) is 0 Å². The molecule has 20 heavy (non-hydrogen) atoms. The van der Waals surface area contributed by atoms with Crippen molar-refractivity contribution in [3.63, 3.8) is 0 Å². The van der Waals surface area contributed by atoms with Crippen molar-refractivity contribution < 1.29 is 9.72 Å². The molecular weight excluding hydrogens is 282 g/mol. The Morgan fingerprint density at radius 3 is 2.75 bits per heavy atom. The Kier molecular flexibility index (Phi) is 5.47. The minimum atomic E-state index is -0.434. The van der Waals surface area contributed by atoms with E-state index in [9.17, 15) is 14.9 Å². The van der Waals surface area contributed by atoms with Crippen LogP contribution in [0.2, 0.25) is 0 Å². The first-order chi connectivity index (χ1) is 8.99. The number of amides is 1. The van der Waals surface area contributed by atoms with Gasteiger partial charge < -0.3 is 10.2 Å². The molecule has 1 atom stereocenters. The summed E-state index contributed by atoms with van der Waals surface area (Å²) in [5, 5.41) is 14.0. The molecule has 1 heterocycles. The van der Waals surface area contributed by atoms with Crippen molar-refractivity contribution >= 4 is 24.0 Å². The molecule has 1 amide bonds. The van der Waals surface area contributed by atoms with Crippen molar-refractivity contribution in [2.24, 2.45) is 0 Å². The van der Waals surface area contributed by atoms with Crippen molar-refractivity contribution in [2.75, 3.05) is 19.6 Å². The zero-order valence-corrected chi connectivity index (χ0v) is 12.3. The smallest absolute Gasteiger partial charge is 0.272 e. The van der Waals surface area contributed by atoms with E-state index in [0.717, 1.165) is 6.54 Å². The summed E-state index contributed by atoms with van der Waals surface area (Å²) in [6.45, 7) is 5.78. The molecular formula is C13H18ClN3O3. The summed E-state index contributed by atoms with van der Waals surface area (Å²) in [5.74, 6) is -0.0636. The Hall–Kier alpha value is -1.66. The molecule has 1 fully saturated rings. The van der Waals surface area contributed by atoms with Crippen LogP contribution in [0.15, 0.2) is 18.2 Å². The highest BCUT2D eigenvalue weighted by Crippen LogP contribution is 2.20. The zero-order chi connectivity index (χ0) is 14.0. The molecule has 110 valence electrons. The van der Waals surface area contributed by atoms with E-state index in [1.807, 2.05) is 6.92 Å². The van der Waals surface area contributed by atoms with Crippen LogP contribution in [0.4, 0.5) is 5.69 Å². The predicted octanol–water partition coefficient (Wildman–Crippen LogP) is 1.76. The first kappa shape index (κ1) is 16.4. The number of aryl methyl sites for hydroxylation is 1. The fraction of sp³-hybridized carbons (Fsp3) is 0.462. The molecule has 0 bridgehead atoms. The average molecular weight is 300 g/mol. The van der Waals surface area contributed by atoms with Crippen LogP contribution in [0.5, 0.6) is 0 Å². The minimum Gasteiger partial charge on any atom is -0.336 e. The molecule has 7 heteroatoms. The van der Waals surface area contributed by atoms with Crippen molar-refractivity contribution in [3.05, 3.63) is 39.4 Å². The van der Waals surface area contributed by atoms with Gasteiger partial charge in [-0.25, -0.2) is 0 Å². The summed E-state index contributed by atoms with van der Waals surface area (Å²) in [6.07, 6.45) is 0. The summed E-state index contributed by atoms with van der Waals surface area (Å²) in [6, 6.07) is 4.79. The van der Waals surface area contributed by atoms with Gasteiger partial charge in [-0.05, 0) is 26.0 Å². The minimum absolute atomic E-state index is 0. The third kappa shape index (κ3) is 3.46. The second-order valence-corrected chi connectivity index (χ2v) is 4.86. The van der Waals surface area contributed by atoms with Crippen LogP contribution >= 0.6 is 12.4 Å². The molecule has 1 aliphatic heterocycles. The number of nitro groups is 1. The molecule has 1 aromatic rings. The van der Waals surface area contributed by atoms with E-state index in [4.69, 9.17) is 0 Å². The van der Waals surface area contributed by atoms with Crippen molar-refractivity contribution in [3.8, 4) is 0 Å². The molecule has 0 aliphatic carbocycles. The molecule has 6 nitrogen and oxygen atoms in total. The third-order valence-corrected chi connectivity index (χ3v) is 3.30. The number of carbonyl (C=O) groups is 1. The van der Waals surface area contributed by atoms with Gasteiger partial charge in [-0.2, -0.15) is 0 Å². The standard InChI is InChI=1S/C13H17N3O3.ClH/c1-9-7-11(3-4-12(9)16(18)19)13(17)15-6-5-14-10(2)8-15;/h3-4,7,10,14H,5-6,8H2,1-2H3;1H. The average Bonchev–Trinajstić information content (AvgIpc) is 2.37. The van der Waals surface area contributed by atoms with Gasteiger partial charge in [-0.3, -0.25) is 14.9 Å². The highest BCUT2D eigenvalue weighted by atomic mass is 35.5. The van der Waals surface area contributed by atoms with Crippen molar-refractivity contribution in [2.45, 2.75) is 19.9 Å². The lowest BCUT2D eigenvalue weighted by molar-refractivity contribution is -0.385. The van der Waals surface area contributed by atoms with Crippen molar-refractivity contribution in [1.82, 2.24) is 10.2 Å². The van der Waals surface area contributed by atoms with Crippen molar-refractivity contribution in [1.29, 1.82) is 0 Å². The largest absolute Gasteiger partial charge is 0.336 e. The van der Waals surface area contributed by atoms with Gasteiger partial charge in [0.15, 0.2) is 0 Å². The van der Waals surface area contributed by atoms with E-state index in [2.05, 4.69) is 5.32 Å². The summed E-state index contributed by atoms with van der Waals surface area (Å²) in [4.78, 5) is 24.4. The Bertz CT molecular complexity index is 522. The molecule has 0 aromatic heterocycles. The molecule has 2 rings (SSSR count). The van der Waals surface area contributed by atoms with E-state index in [-0.39, 0.29) is 30.0 Å². The topological polar surface area (TPSA) is 75.5 Å². The fourth-order valence-corrected chi connectivity index (χ4v) is 2.29. The number of nitrogens with zero attached hydrogens (tertiary/aromatic N) is 2. The highest BCUT2D eigenvalue weighted by Gasteiger charge is 2.22. The lowest BCUT2D eigenvalue weighted by atomic mass is 10.1. The van der Waals surface area contributed by atoms with Gasteiger partial charge >= 0.3 is 0 Å². The lowest BCUT2D eigenvalue weighted by Gasteiger charge is -2.32. The Balaban J connectivity index is 0.00000200. The highest BCUT2D eigenvalue weighted by molar-refractivity contribution is 5.94. The molecule has 1 unspecified atom stereocenters. The van der Waals surface area contributed by atoms with Gasteiger partial charge in [0.2, 0.25) is 0 Å². The second-order valence-electron chi connectivity index (χ2n) is 4.86. The van der Waals surface area contributed by atoms with Crippen LogP contribution in [-0.2, 0) is 0 Å². The second kappa shape index (κ2) is 6.67. The van der Waals surface area contributed by atoms with Crippen LogP contribution in [0.3, 0.4) is 0 Å². The molecule has 0 saturated carbocycles. The number of halogens is 1. The fourth-order valence-electron chi connectivity index (χ4n) is 2.29. The molecule has 1 N–H and O–H groups in total. The number of rotatable bonds is 2. The normalized spacial score (nSPS) is 18.3. The summed E-state index contributed by atoms with van der Waals surface area (Å²) in [5.41, 5.74) is 1.07. The number of nitrogens with one attached hydrogen (secondary N) is 1. The molecule has 1 saturated heterocycles. The maximum atomic E-state index is 12.3. The van der Waals surface area contributed by atoms with Gasteiger partial charge in [0, 0.05) is 42.9 Å². The Morgan fingerprint density at radius 2 is 2.20 bits per heavy atom. The molecule has 0 radical (unpaired) electrons. The van der Waals surface area contributed by atoms with Gasteiger partial charge in [0.25, 0.3) is 11.6 Å². The van der Waals surface area contributed by atoms with Gasteiger partial charge in [-0.15, -0.1) is 12.4 Å². The van der Waals surface area contributed by atoms with Crippen LogP contribution in [0.25, 0.3) is 0 Å². The van der Waals surface area contributed by atoms with Crippen LogP contribution < -0.4 is 5.32 Å². The first-order valence-electron chi connectivity index (χ1n) is 6.26. The lowest BCUT2D eigenvalue weighted by Crippen LogP contribution is -2.51. The summed E-state index contributed by atoms with van der Waals surface area (Å²) in [7, 11) is 0. The van der Waals surface area contributed by atoms with E-state index in [0.29, 0.717) is 24.2 Å². The zero-order valence-electron chi connectivity index (χ0n) is 11.5. The number of hydrogen-bond donors (Lipinski definition) is 1.